The van der Waals surface area contributed by atoms with Crippen LogP contribution in [0.15, 0.2) is 34.1 Å². The van der Waals surface area contributed by atoms with E-state index in [-0.39, 0.29) is 0 Å². The highest BCUT2D eigenvalue weighted by Crippen LogP contribution is 2.14. The summed E-state index contributed by atoms with van der Waals surface area (Å²) in [6.07, 6.45) is 2.90. The second kappa shape index (κ2) is 8.25. The van der Waals surface area contributed by atoms with Gasteiger partial charge in [-0.2, -0.15) is 11.3 Å². The molecule has 0 bridgehead atoms. The number of nitrogens with one attached hydrogen (secondary N) is 1. The Hall–Kier alpha value is -1.46. The summed E-state index contributed by atoms with van der Waals surface area (Å²) >= 11 is 7.78. The van der Waals surface area contributed by atoms with E-state index in [1.165, 1.54) is 5.56 Å². The highest BCUT2D eigenvalue weighted by molar-refractivity contribution is 7.07. The van der Waals surface area contributed by atoms with Crippen LogP contribution in [0.3, 0.4) is 0 Å². The first-order valence-corrected chi connectivity index (χ1v) is 8.73. The fourth-order valence-corrected chi connectivity index (χ4v) is 3.21. The molecule has 2 aromatic heterocycles. The minimum atomic E-state index is 0.769. The van der Waals surface area contributed by atoms with Crippen molar-refractivity contribution in [2.75, 3.05) is 20.1 Å². The molecule has 0 amide bonds. The van der Waals surface area contributed by atoms with Crippen LogP contribution in [-0.2, 0) is 20.0 Å². The molecule has 6 heteroatoms. The van der Waals surface area contributed by atoms with Crippen LogP contribution in [0.25, 0.3) is 0 Å². The van der Waals surface area contributed by atoms with Crippen LogP contribution in [-0.4, -0.2) is 35.6 Å². The van der Waals surface area contributed by atoms with Gasteiger partial charge < -0.3 is 14.8 Å². The molecule has 2 aromatic rings. The van der Waals surface area contributed by atoms with E-state index in [4.69, 9.17) is 16.6 Å². The molecule has 0 fully saturated rings. The molecule has 1 N–H and O–H groups in total. The summed E-state index contributed by atoms with van der Waals surface area (Å²) in [6, 6.07) is 4.15. The van der Waals surface area contributed by atoms with E-state index in [0.717, 1.165) is 42.7 Å². The lowest BCUT2D eigenvalue weighted by Gasteiger charge is -2.22. The van der Waals surface area contributed by atoms with Gasteiger partial charge in [0.2, 0.25) is 0 Å². The van der Waals surface area contributed by atoms with E-state index in [9.17, 15) is 0 Å². The number of rotatable bonds is 6. The maximum atomic E-state index is 6.05. The molecule has 0 aliphatic heterocycles. The first-order chi connectivity index (χ1) is 10.6. The molecule has 2 rings (SSSR count). The van der Waals surface area contributed by atoms with Crippen LogP contribution in [0.5, 0.6) is 0 Å². The second-order valence-corrected chi connectivity index (χ2v) is 6.45. The molecular weight excluding hydrogens is 316 g/mol. The van der Waals surface area contributed by atoms with Gasteiger partial charge in [0.25, 0.3) is 0 Å². The van der Waals surface area contributed by atoms with Crippen LogP contribution in [0, 0.1) is 0 Å². The van der Waals surface area contributed by atoms with Crippen LogP contribution in [0.2, 0.25) is 5.02 Å². The summed E-state index contributed by atoms with van der Waals surface area (Å²) in [5, 5.41) is 8.40. The molecule has 22 heavy (non-hydrogen) atoms. The number of guanidine groups is 1. The average Bonchev–Trinajstić information content (AvgIpc) is 3.08. The third-order valence-corrected chi connectivity index (χ3v) is 4.35. The van der Waals surface area contributed by atoms with E-state index in [1.807, 2.05) is 30.9 Å². The summed E-state index contributed by atoms with van der Waals surface area (Å²) in [4.78, 5) is 6.84. The van der Waals surface area contributed by atoms with Crippen LogP contribution < -0.4 is 5.32 Å². The zero-order valence-corrected chi connectivity index (χ0v) is 14.9. The molecule has 0 unspecified atom stereocenters. The standard InChI is InChI=1S/C16H23ClN4S/c1-4-18-16(19-7-5-13-6-8-22-12-13)21(3)11-15-9-14(17)10-20(15)2/h6,8-10,12H,4-5,7,11H2,1-3H3,(H,18,19). The monoisotopic (exact) mass is 338 g/mol. The molecule has 0 atom stereocenters. The molecule has 0 aliphatic rings. The quantitative estimate of drug-likeness (QED) is 0.647. The Morgan fingerprint density at radius 3 is 2.91 bits per heavy atom. The average molecular weight is 339 g/mol. The molecule has 0 saturated heterocycles. The number of aromatic nitrogens is 1. The van der Waals surface area contributed by atoms with Crippen molar-refractivity contribution < 1.29 is 0 Å². The first-order valence-electron chi connectivity index (χ1n) is 7.41. The van der Waals surface area contributed by atoms with E-state index in [2.05, 4.69) is 34.0 Å². The largest absolute Gasteiger partial charge is 0.357 e. The Morgan fingerprint density at radius 1 is 1.50 bits per heavy atom. The zero-order valence-electron chi connectivity index (χ0n) is 13.3. The third kappa shape index (κ3) is 4.78. The minimum Gasteiger partial charge on any atom is -0.357 e. The van der Waals surface area contributed by atoms with Gasteiger partial charge >= 0.3 is 0 Å². The van der Waals surface area contributed by atoms with Crippen molar-refractivity contribution in [3.63, 3.8) is 0 Å². The number of nitrogens with zero attached hydrogens (tertiary/aromatic N) is 3. The van der Waals surface area contributed by atoms with E-state index >= 15 is 0 Å². The summed E-state index contributed by atoms with van der Waals surface area (Å²) < 4.78 is 2.05. The van der Waals surface area contributed by atoms with Gasteiger partial charge in [-0.25, -0.2) is 0 Å². The minimum absolute atomic E-state index is 0.769. The van der Waals surface area contributed by atoms with Gasteiger partial charge in [0.15, 0.2) is 5.96 Å². The summed E-state index contributed by atoms with van der Waals surface area (Å²) in [5.74, 6) is 0.926. The molecule has 0 aromatic carbocycles. The molecule has 4 nitrogen and oxygen atoms in total. The number of hydrogen-bond acceptors (Lipinski definition) is 2. The summed E-state index contributed by atoms with van der Waals surface area (Å²) in [6.45, 7) is 4.50. The summed E-state index contributed by atoms with van der Waals surface area (Å²) in [5.41, 5.74) is 2.51. The summed E-state index contributed by atoms with van der Waals surface area (Å²) in [7, 11) is 4.06. The maximum absolute atomic E-state index is 6.05. The molecule has 120 valence electrons. The number of halogens is 1. The predicted molar refractivity (Wildman–Crippen MR) is 95.9 cm³/mol. The van der Waals surface area contributed by atoms with Crippen molar-refractivity contribution in [2.24, 2.45) is 12.0 Å². The Balaban J connectivity index is 1.97. The fourth-order valence-electron chi connectivity index (χ4n) is 2.24. The van der Waals surface area contributed by atoms with Gasteiger partial charge in [0, 0.05) is 39.1 Å². The van der Waals surface area contributed by atoms with Gasteiger partial charge in [-0.3, -0.25) is 4.99 Å². The highest BCUT2D eigenvalue weighted by atomic mass is 35.5. The van der Waals surface area contributed by atoms with Crippen molar-refractivity contribution in [1.82, 2.24) is 14.8 Å². The molecular formula is C16H23ClN4S. The van der Waals surface area contributed by atoms with E-state index in [1.54, 1.807) is 11.3 Å². The second-order valence-electron chi connectivity index (χ2n) is 5.23. The molecule has 0 spiro atoms. The van der Waals surface area contributed by atoms with Gasteiger partial charge in [0.1, 0.15) is 0 Å². The first kappa shape index (κ1) is 16.9. The van der Waals surface area contributed by atoms with Gasteiger partial charge in [-0.1, -0.05) is 11.6 Å². The zero-order chi connectivity index (χ0) is 15.9. The third-order valence-electron chi connectivity index (χ3n) is 3.41. The molecule has 0 aliphatic carbocycles. The topological polar surface area (TPSA) is 32.6 Å². The number of aliphatic imine (C=N–C) groups is 1. The van der Waals surface area contributed by atoms with Crippen molar-refractivity contribution in [1.29, 1.82) is 0 Å². The lowest BCUT2D eigenvalue weighted by molar-refractivity contribution is 0.462. The van der Waals surface area contributed by atoms with Gasteiger partial charge in [-0.05, 0) is 41.8 Å². The molecule has 2 heterocycles. The van der Waals surface area contributed by atoms with Crippen LogP contribution in [0.1, 0.15) is 18.2 Å². The highest BCUT2D eigenvalue weighted by Gasteiger charge is 2.09. The Bertz CT molecular complexity index is 604. The van der Waals surface area contributed by atoms with Crippen molar-refractivity contribution in [3.05, 3.63) is 45.4 Å². The Kier molecular flexibility index (Phi) is 6.34. The van der Waals surface area contributed by atoms with Crippen LogP contribution in [0.4, 0.5) is 0 Å². The number of aryl methyl sites for hydroxylation is 1. The lowest BCUT2D eigenvalue weighted by Crippen LogP contribution is -2.39. The van der Waals surface area contributed by atoms with Gasteiger partial charge in [-0.15, -0.1) is 0 Å². The SMILES string of the molecule is CCNC(=NCCc1ccsc1)N(C)Cc1cc(Cl)cn1C. The smallest absolute Gasteiger partial charge is 0.194 e. The number of hydrogen-bond donors (Lipinski definition) is 1. The van der Waals surface area contributed by atoms with Crippen LogP contribution >= 0.6 is 22.9 Å². The van der Waals surface area contributed by atoms with Crippen molar-refractivity contribution in [2.45, 2.75) is 19.9 Å². The predicted octanol–water partition coefficient (Wildman–Crippen LogP) is 3.38. The Labute approximate surface area is 141 Å². The molecule has 0 saturated carbocycles. The van der Waals surface area contributed by atoms with E-state index < -0.39 is 0 Å². The lowest BCUT2D eigenvalue weighted by atomic mass is 10.2. The normalized spacial score (nSPS) is 11.7. The van der Waals surface area contributed by atoms with Crippen molar-refractivity contribution in [3.8, 4) is 0 Å². The molecule has 0 radical (unpaired) electrons. The fraction of sp³-hybridized carbons (Fsp3) is 0.438. The number of thiophene rings is 1. The van der Waals surface area contributed by atoms with Crippen molar-refractivity contribution >= 4 is 28.9 Å². The van der Waals surface area contributed by atoms with Gasteiger partial charge in [0.05, 0.1) is 11.6 Å². The Morgan fingerprint density at radius 2 is 2.32 bits per heavy atom. The van der Waals surface area contributed by atoms with E-state index in [0.29, 0.717) is 0 Å². The maximum Gasteiger partial charge on any atom is 0.194 e.